The van der Waals surface area contributed by atoms with Gasteiger partial charge in [-0.2, -0.15) is 0 Å². The molecule has 0 unspecified atom stereocenters. The van der Waals surface area contributed by atoms with Gasteiger partial charge in [-0.25, -0.2) is 0 Å². The lowest BCUT2D eigenvalue weighted by molar-refractivity contribution is 0.0892. The minimum Gasteiger partial charge on any atom is -0.490 e. The third-order valence-electron chi connectivity index (χ3n) is 16.5. The molecule has 0 aliphatic carbocycles. The normalized spacial score (nSPS) is 11.3. The topological polar surface area (TPSA) is 89.5 Å². The minimum atomic E-state index is -0.319. The molecule has 0 aliphatic rings. The van der Waals surface area contributed by atoms with E-state index in [1.54, 1.807) is 0 Å². The summed E-state index contributed by atoms with van der Waals surface area (Å²) in [5.74, 6) is 2.72. The Kier molecular flexibility index (Phi) is 51.4. The van der Waals surface area contributed by atoms with Gasteiger partial charge in [0.05, 0.1) is 46.1 Å². The molecule has 0 amide bonds. The van der Waals surface area contributed by atoms with Crippen LogP contribution in [-0.2, 0) is 0 Å². The van der Waals surface area contributed by atoms with Gasteiger partial charge in [0.25, 0.3) is 0 Å². The number of rotatable bonds is 64. The van der Waals surface area contributed by atoms with E-state index < -0.39 is 0 Å². The summed E-state index contributed by atoms with van der Waals surface area (Å²) in [5.41, 5.74) is 0.801. The van der Waals surface area contributed by atoms with Crippen LogP contribution in [0.25, 0.3) is 0 Å². The molecular weight excluding hydrogens is 1030 g/mol. The van der Waals surface area contributed by atoms with Crippen molar-refractivity contribution in [2.75, 3.05) is 39.6 Å². The number of hydrogen-bond acceptors (Lipinski definition) is 8. The molecule has 2 aromatic carbocycles. The van der Waals surface area contributed by atoms with Crippen LogP contribution in [0, 0.1) is 0 Å². The molecule has 8 heteroatoms. The average Bonchev–Trinajstić information content (AvgIpc) is 3.68. The molecule has 0 N–H and O–H groups in total. The van der Waals surface area contributed by atoms with Crippen LogP contribution in [0.3, 0.4) is 0 Å². The van der Waals surface area contributed by atoms with Crippen LogP contribution in [0.2, 0.25) is 0 Å². The van der Waals surface area contributed by atoms with E-state index in [4.69, 9.17) is 28.4 Å². The van der Waals surface area contributed by atoms with E-state index in [-0.39, 0.29) is 18.0 Å². The first kappa shape index (κ1) is 75.7. The lowest BCUT2D eigenvalue weighted by Gasteiger charge is -2.19. The Bertz CT molecular complexity index is 1580. The molecule has 0 atom stereocenters. The highest BCUT2D eigenvalue weighted by Gasteiger charge is 2.24. The van der Waals surface area contributed by atoms with Crippen molar-refractivity contribution < 1.29 is 38.0 Å². The molecule has 0 spiro atoms. The van der Waals surface area contributed by atoms with Gasteiger partial charge < -0.3 is 28.4 Å². The summed E-state index contributed by atoms with van der Waals surface area (Å²) in [6, 6.07) is 7.24. The number of hydrogen-bond donors (Lipinski definition) is 0. The number of benzene rings is 2. The highest BCUT2D eigenvalue weighted by molar-refractivity contribution is 6.14. The Morgan fingerprint density at radius 1 is 0.229 bits per heavy atom. The molecule has 2 aromatic rings. The summed E-state index contributed by atoms with van der Waals surface area (Å²) in [6.45, 7) is 16.8. The van der Waals surface area contributed by atoms with Crippen LogP contribution < -0.4 is 28.4 Å². The Balaban J connectivity index is 2.51. The van der Waals surface area contributed by atoms with Gasteiger partial charge in [0, 0.05) is 11.1 Å². The van der Waals surface area contributed by atoms with E-state index in [1.807, 2.05) is 24.3 Å². The van der Waals surface area contributed by atoms with Crippen molar-refractivity contribution in [3.05, 3.63) is 35.4 Å². The van der Waals surface area contributed by atoms with Crippen LogP contribution in [0.4, 0.5) is 0 Å². The van der Waals surface area contributed by atoms with Crippen molar-refractivity contribution in [1.82, 2.24) is 0 Å². The van der Waals surface area contributed by atoms with Crippen LogP contribution in [0.15, 0.2) is 24.3 Å². The molecule has 0 heterocycles. The summed E-state index contributed by atoms with van der Waals surface area (Å²) >= 11 is 0. The van der Waals surface area contributed by atoms with Gasteiger partial charge in [0.1, 0.15) is 0 Å². The fourth-order valence-electron chi connectivity index (χ4n) is 11.0. The Labute approximate surface area is 512 Å². The van der Waals surface area contributed by atoms with Crippen LogP contribution >= 0.6 is 0 Å². The summed E-state index contributed by atoms with van der Waals surface area (Å²) in [4.78, 5) is 29.4. The predicted molar refractivity (Wildman–Crippen MR) is 355 cm³/mol. The van der Waals surface area contributed by atoms with Crippen molar-refractivity contribution >= 4 is 11.6 Å². The molecule has 0 aromatic heterocycles. The van der Waals surface area contributed by atoms with Gasteiger partial charge in [0.2, 0.25) is 11.5 Å². The van der Waals surface area contributed by atoms with Crippen LogP contribution in [0.1, 0.15) is 377 Å². The first-order chi connectivity index (χ1) is 40.9. The quantitative estimate of drug-likeness (QED) is 0.0368. The molecule has 480 valence electrons. The second-order valence-corrected chi connectivity index (χ2v) is 24.6. The third kappa shape index (κ3) is 40.6. The van der Waals surface area contributed by atoms with E-state index >= 15 is 0 Å². The zero-order valence-electron chi connectivity index (χ0n) is 55.5. The largest absolute Gasteiger partial charge is 0.490 e. The first-order valence-corrected chi connectivity index (χ1v) is 36.1. The molecule has 0 saturated carbocycles. The van der Waals surface area contributed by atoms with Crippen molar-refractivity contribution in [3.63, 3.8) is 0 Å². The van der Waals surface area contributed by atoms with Crippen LogP contribution in [0.5, 0.6) is 34.5 Å². The zero-order valence-corrected chi connectivity index (χ0v) is 55.5. The summed E-state index contributed by atoms with van der Waals surface area (Å²) < 4.78 is 39.8. The molecule has 83 heavy (non-hydrogen) atoms. The Morgan fingerprint density at radius 3 is 0.566 bits per heavy atom. The summed E-state index contributed by atoms with van der Waals surface area (Å²) in [5, 5.41) is 0. The molecule has 2 rings (SSSR count). The number of carbonyl (C=O) groups excluding carboxylic acids is 2. The smallest absolute Gasteiger partial charge is 0.203 e. The van der Waals surface area contributed by atoms with Gasteiger partial charge in [-0.1, -0.05) is 311 Å². The molecule has 0 saturated heterocycles. The number of carbonyl (C=O) groups is 2. The minimum absolute atomic E-state index is 0.281. The fraction of sp³-hybridized carbons (Fsp3) is 0.813. The molecule has 0 aliphatic heterocycles. The summed E-state index contributed by atoms with van der Waals surface area (Å²) in [7, 11) is 0. The van der Waals surface area contributed by atoms with Gasteiger partial charge in [-0.15, -0.1) is 0 Å². The number of ether oxygens (including phenoxy) is 6. The second-order valence-electron chi connectivity index (χ2n) is 24.6. The summed E-state index contributed by atoms with van der Waals surface area (Å²) in [6.07, 6.45) is 57.4. The van der Waals surface area contributed by atoms with E-state index in [2.05, 4.69) is 41.5 Å². The van der Waals surface area contributed by atoms with E-state index in [0.29, 0.717) is 85.3 Å². The Hall–Kier alpha value is -3.42. The second kappa shape index (κ2) is 56.4. The maximum absolute atomic E-state index is 14.7. The van der Waals surface area contributed by atoms with E-state index in [1.165, 1.54) is 231 Å². The van der Waals surface area contributed by atoms with Gasteiger partial charge in [-0.3, -0.25) is 9.59 Å². The van der Waals surface area contributed by atoms with E-state index in [9.17, 15) is 9.59 Å². The predicted octanol–water partition coefficient (Wildman–Crippen LogP) is 24.3. The highest BCUT2D eigenvalue weighted by Crippen LogP contribution is 2.42. The molecule has 0 fully saturated rings. The van der Waals surface area contributed by atoms with Crippen molar-refractivity contribution in [3.8, 4) is 34.5 Å². The number of Topliss-reactive ketones (excluding diaryl/α,β-unsaturated/α-hetero) is 2. The van der Waals surface area contributed by atoms with Gasteiger partial charge in [-0.05, 0) is 62.8 Å². The average molecular weight is 1160 g/mol. The van der Waals surface area contributed by atoms with Crippen molar-refractivity contribution in [2.24, 2.45) is 0 Å². The zero-order chi connectivity index (χ0) is 59.7. The van der Waals surface area contributed by atoms with E-state index in [0.717, 1.165) is 77.0 Å². The van der Waals surface area contributed by atoms with Gasteiger partial charge >= 0.3 is 0 Å². The Morgan fingerprint density at radius 2 is 0.386 bits per heavy atom. The highest BCUT2D eigenvalue weighted by atomic mass is 16.5. The molecule has 0 bridgehead atoms. The molecule has 8 nitrogen and oxygen atoms in total. The number of ketones is 2. The molecule has 0 radical (unpaired) electrons. The van der Waals surface area contributed by atoms with Gasteiger partial charge in [0.15, 0.2) is 34.6 Å². The lowest BCUT2D eigenvalue weighted by Crippen LogP contribution is -2.13. The lowest BCUT2D eigenvalue weighted by atomic mass is 10.00. The molecular formula is C75H132O8. The monoisotopic (exact) mass is 1160 g/mol. The fourth-order valence-corrected chi connectivity index (χ4v) is 11.0. The third-order valence-corrected chi connectivity index (χ3v) is 16.5. The standard InChI is InChI=1S/C75H132O8/c1-7-13-19-25-31-37-43-49-55-78-70-61-66(62-71(79-56-50-44-38-32-26-20-14-8-2)74(70)82-59-53-47-41-35-29-23-17-11-5)68(76)65-69(77)67-63-72(80-57-51-45-39-33-27-21-15-9-3)75(83-60-54-48-42-36-30-24-18-12-6)73(64-67)81-58-52-46-40-34-28-22-16-10-4/h61-64H,7-60,65H2,1-6H3. The SMILES string of the molecule is CCCCCCCCCCOc1cc(C(=O)CC(=O)c2cc(OCCCCCCCCCC)c(OCCCCCCCCCC)c(OCCCCCCCCCC)c2)cc(OCCCCCCCCCC)c1OCCCCCCCCCC. The van der Waals surface area contributed by atoms with Crippen LogP contribution in [-0.4, -0.2) is 51.2 Å². The number of unbranched alkanes of at least 4 members (excludes halogenated alkanes) is 42. The first-order valence-electron chi connectivity index (χ1n) is 36.1. The maximum Gasteiger partial charge on any atom is 0.203 e. The van der Waals surface area contributed by atoms with Crippen molar-refractivity contribution in [2.45, 2.75) is 356 Å². The van der Waals surface area contributed by atoms with Crippen molar-refractivity contribution in [1.29, 1.82) is 0 Å². The maximum atomic E-state index is 14.7.